The Hall–Kier alpha value is -0.430. The molecule has 0 atom stereocenters. The van der Waals surface area contributed by atoms with Gasteiger partial charge in [0.05, 0.1) is 0 Å². The Morgan fingerprint density at radius 1 is 1.30 bits per heavy atom. The lowest BCUT2D eigenvalue weighted by molar-refractivity contribution is 1.28. The molecule has 0 radical (unpaired) electrons. The number of aryl methyl sites for hydroxylation is 2. The quantitative estimate of drug-likeness (QED) is 0.588. The molecule has 10 heavy (non-hydrogen) atoms. The Balaban J connectivity index is 3.09. The van der Waals surface area contributed by atoms with Crippen LogP contribution in [0.3, 0.4) is 0 Å². The van der Waals surface area contributed by atoms with Gasteiger partial charge in [0.2, 0.25) is 0 Å². The van der Waals surface area contributed by atoms with Crippen molar-refractivity contribution in [2.45, 2.75) is 19.6 Å². The van der Waals surface area contributed by atoms with Crippen molar-refractivity contribution in [2.24, 2.45) is 0 Å². The van der Waals surface area contributed by atoms with Gasteiger partial charge < -0.3 is 0 Å². The fraction of sp³-hybridized carbons (Fsp3) is 0.333. The van der Waals surface area contributed by atoms with Crippen molar-refractivity contribution in [3.05, 3.63) is 34.9 Å². The molecule has 0 amide bonds. The van der Waals surface area contributed by atoms with E-state index in [2.05, 4.69) is 44.7 Å². The molecule has 0 N–H and O–H groups in total. The van der Waals surface area contributed by atoms with Crippen LogP contribution in [-0.2, 0) is 5.75 Å². The van der Waals surface area contributed by atoms with Crippen LogP contribution in [0.5, 0.6) is 0 Å². The molecule has 1 heteroatoms. The Morgan fingerprint density at radius 3 is 2.50 bits per heavy atom. The first-order valence-electron chi connectivity index (χ1n) is 3.41. The highest BCUT2D eigenvalue weighted by Crippen LogP contribution is 2.11. The van der Waals surface area contributed by atoms with Crippen LogP contribution in [0.1, 0.15) is 16.7 Å². The van der Waals surface area contributed by atoms with Crippen LogP contribution < -0.4 is 0 Å². The molecule has 0 unspecified atom stereocenters. The van der Waals surface area contributed by atoms with Gasteiger partial charge in [-0.3, -0.25) is 0 Å². The Morgan fingerprint density at radius 2 is 2.00 bits per heavy atom. The van der Waals surface area contributed by atoms with E-state index in [0.29, 0.717) is 0 Å². The van der Waals surface area contributed by atoms with E-state index in [1.54, 1.807) is 0 Å². The maximum absolute atomic E-state index is 4.23. The standard InChI is InChI=1S/C9H12S/c1-7-3-4-8(2)9(5-7)6-10/h3-5,10H,6H2,1-2H3. The summed E-state index contributed by atoms with van der Waals surface area (Å²) in [5.41, 5.74) is 3.98. The predicted octanol–water partition coefficient (Wildman–Crippen LogP) is 2.73. The first-order valence-corrected chi connectivity index (χ1v) is 4.04. The summed E-state index contributed by atoms with van der Waals surface area (Å²) in [5.74, 6) is 0.841. The highest BCUT2D eigenvalue weighted by atomic mass is 32.1. The number of benzene rings is 1. The minimum absolute atomic E-state index is 0.841. The van der Waals surface area contributed by atoms with E-state index < -0.39 is 0 Å². The van der Waals surface area contributed by atoms with Gasteiger partial charge >= 0.3 is 0 Å². The van der Waals surface area contributed by atoms with Crippen molar-refractivity contribution >= 4 is 12.6 Å². The molecule has 0 saturated carbocycles. The molecular formula is C9H12S. The normalized spacial score (nSPS) is 9.90. The summed E-state index contributed by atoms with van der Waals surface area (Å²) in [5, 5.41) is 0. The molecule has 0 aromatic heterocycles. The molecule has 0 aliphatic rings. The van der Waals surface area contributed by atoms with Crippen molar-refractivity contribution in [2.75, 3.05) is 0 Å². The zero-order valence-corrected chi connectivity index (χ0v) is 7.28. The minimum atomic E-state index is 0.841. The molecule has 54 valence electrons. The topological polar surface area (TPSA) is 0 Å². The van der Waals surface area contributed by atoms with E-state index in [4.69, 9.17) is 0 Å². The maximum Gasteiger partial charge on any atom is 0.0156 e. The van der Waals surface area contributed by atoms with E-state index in [9.17, 15) is 0 Å². The van der Waals surface area contributed by atoms with Gasteiger partial charge in [0.15, 0.2) is 0 Å². The Kier molecular flexibility index (Phi) is 2.39. The second-order valence-electron chi connectivity index (χ2n) is 2.59. The molecule has 1 aromatic rings. The van der Waals surface area contributed by atoms with Crippen LogP contribution in [0.2, 0.25) is 0 Å². The van der Waals surface area contributed by atoms with Gasteiger partial charge in [-0.05, 0) is 25.0 Å². The van der Waals surface area contributed by atoms with Crippen LogP contribution in [0, 0.1) is 13.8 Å². The first-order chi connectivity index (χ1) is 4.74. The second-order valence-corrected chi connectivity index (χ2v) is 2.90. The van der Waals surface area contributed by atoms with Crippen LogP contribution >= 0.6 is 12.6 Å². The predicted molar refractivity (Wildman–Crippen MR) is 48.6 cm³/mol. The maximum atomic E-state index is 4.23. The smallest absolute Gasteiger partial charge is 0.0156 e. The van der Waals surface area contributed by atoms with Crippen molar-refractivity contribution in [1.82, 2.24) is 0 Å². The zero-order chi connectivity index (χ0) is 7.56. The largest absolute Gasteiger partial charge is 0.175 e. The molecule has 0 nitrogen and oxygen atoms in total. The molecule has 1 rings (SSSR count). The molecule has 0 heterocycles. The summed E-state index contributed by atoms with van der Waals surface area (Å²) in [4.78, 5) is 0. The summed E-state index contributed by atoms with van der Waals surface area (Å²) in [6.45, 7) is 4.22. The Labute approximate surface area is 67.7 Å². The van der Waals surface area contributed by atoms with Crippen molar-refractivity contribution in [3.8, 4) is 0 Å². The third-order valence-electron chi connectivity index (χ3n) is 1.67. The number of thiol groups is 1. The number of hydrogen-bond acceptors (Lipinski definition) is 1. The molecule has 0 bridgehead atoms. The molecule has 0 fully saturated rings. The van der Waals surface area contributed by atoms with Gasteiger partial charge in [0.1, 0.15) is 0 Å². The third-order valence-corrected chi connectivity index (χ3v) is 2.02. The minimum Gasteiger partial charge on any atom is -0.175 e. The highest BCUT2D eigenvalue weighted by Gasteiger charge is 1.93. The van der Waals surface area contributed by atoms with Crippen LogP contribution in [-0.4, -0.2) is 0 Å². The fourth-order valence-corrected chi connectivity index (χ4v) is 1.31. The summed E-state index contributed by atoms with van der Waals surface area (Å²) < 4.78 is 0. The van der Waals surface area contributed by atoms with Crippen LogP contribution in [0.25, 0.3) is 0 Å². The van der Waals surface area contributed by atoms with Gasteiger partial charge in [-0.2, -0.15) is 12.6 Å². The van der Waals surface area contributed by atoms with E-state index in [0.717, 1.165) is 5.75 Å². The molecule has 0 aliphatic heterocycles. The summed E-state index contributed by atoms with van der Waals surface area (Å²) in [6, 6.07) is 6.45. The summed E-state index contributed by atoms with van der Waals surface area (Å²) >= 11 is 4.23. The monoisotopic (exact) mass is 152 g/mol. The van der Waals surface area contributed by atoms with Gasteiger partial charge in [-0.25, -0.2) is 0 Å². The molecule has 0 saturated heterocycles. The molecule has 0 aliphatic carbocycles. The van der Waals surface area contributed by atoms with Crippen molar-refractivity contribution < 1.29 is 0 Å². The third kappa shape index (κ3) is 1.54. The Bertz CT molecular complexity index is 228. The SMILES string of the molecule is Cc1ccc(C)c(CS)c1. The second kappa shape index (κ2) is 3.11. The van der Waals surface area contributed by atoms with Gasteiger partial charge in [-0.1, -0.05) is 23.8 Å². The summed E-state index contributed by atoms with van der Waals surface area (Å²) in [6.07, 6.45) is 0. The summed E-state index contributed by atoms with van der Waals surface area (Å²) in [7, 11) is 0. The number of hydrogen-bond donors (Lipinski definition) is 1. The zero-order valence-electron chi connectivity index (χ0n) is 6.39. The number of rotatable bonds is 1. The van der Waals surface area contributed by atoms with E-state index >= 15 is 0 Å². The van der Waals surface area contributed by atoms with E-state index in [1.807, 2.05) is 0 Å². The fourth-order valence-electron chi connectivity index (χ4n) is 0.971. The lowest BCUT2D eigenvalue weighted by atomic mass is 10.1. The van der Waals surface area contributed by atoms with Gasteiger partial charge in [0, 0.05) is 5.75 Å². The lowest BCUT2D eigenvalue weighted by Crippen LogP contribution is -1.84. The van der Waals surface area contributed by atoms with Crippen LogP contribution in [0.4, 0.5) is 0 Å². The highest BCUT2D eigenvalue weighted by molar-refractivity contribution is 7.79. The molecular weight excluding hydrogens is 140 g/mol. The average Bonchev–Trinajstić information content (AvgIpc) is 1.94. The average molecular weight is 152 g/mol. The van der Waals surface area contributed by atoms with Gasteiger partial charge in [0.25, 0.3) is 0 Å². The molecule has 1 aromatic carbocycles. The molecule has 0 spiro atoms. The lowest BCUT2D eigenvalue weighted by Gasteiger charge is -2.01. The first kappa shape index (κ1) is 7.67. The van der Waals surface area contributed by atoms with Crippen LogP contribution in [0.15, 0.2) is 18.2 Å². The van der Waals surface area contributed by atoms with Crippen molar-refractivity contribution in [3.63, 3.8) is 0 Å². The van der Waals surface area contributed by atoms with E-state index in [-0.39, 0.29) is 0 Å². The van der Waals surface area contributed by atoms with E-state index in [1.165, 1.54) is 16.7 Å². The van der Waals surface area contributed by atoms with Gasteiger partial charge in [-0.15, -0.1) is 0 Å². The van der Waals surface area contributed by atoms with Crippen molar-refractivity contribution in [1.29, 1.82) is 0 Å².